The molecule has 8 nitrogen and oxygen atoms in total. The number of anilines is 1. The van der Waals surface area contributed by atoms with Gasteiger partial charge in [-0.25, -0.2) is 8.42 Å². The van der Waals surface area contributed by atoms with Gasteiger partial charge >= 0.3 is 0 Å². The Kier molecular flexibility index (Phi) is 11.3. The van der Waals surface area contributed by atoms with Gasteiger partial charge in [0.2, 0.25) is 11.8 Å². The molecule has 41 heavy (non-hydrogen) atoms. The van der Waals surface area contributed by atoms with Crippen molar-refractivity contribution in [1.29, 1.82) is 0 Å². The van der Waals surface area contributed by atoms with E-state index in [2.05, 4.69) is 5.32 Å². The van der Waals surface area contributed by atoms with Gasteiger partial charge in [0, 0.05) is 17.6 Å². The summed E-state index contributed by atoms with van der Waals surface area (Å²) < 4.78 is 34.3. The van der Waals surface area contributed by atoms with Crippen LogP contribution in [-0.4, -0.2) is 50.9 Å². The molecule has 1 atom stereocenters. The van der Waals surface area contributed by atoms with Crippen molar-refractivity contribution in [3.05, 3.63) is 87.4 Å². The van der Waals surface area contributed by atoms with Gasteiger partial charge in [0.1, 0.15) is 18.3 Å². The topological polar surface area (TPSA) is 96.0 Å². The second kappa shape index (κ2) is 14.3. The van der Waals surface area contributed by atoms with Gasteiger partial charge in [-0.1, -0.05) is 66.0 Å². The maximum Gasteiger partial charge on any atom is 0.264 e. The Morgan fingerprint density at radius 3 is 2.22 bits per heavy atom. The van der Waals surface area contributed by atoms with E-state index in [-0.39, 0.29) is 51.3 Å². The standard InChI is InChI=1S/C29H32Cl3N3O5S/c1-5-25(29(37)33-19(2)3)34(17-20-11-13-23(31)24(32)15-20)28(36)18-35(26-16-21(30)12-14-27(26)40-4)41(38,39)22-9-7-6-8-10-22/h6-16,19,25H,5,17-18H2,1-4H3,(H,33,37)/t25-/m1/s1. The first-order valence-electron chi connectivity index (χ1n) is 12.8. The van der Waals surface area contributed by atoms with Gasteiger partial charge < -0.3 is 15.0 Å². The normalized spacial score (nSPS) is 12.1. The minimum Gasteiger partial charge on any atom is -0.495 e. The summed E-state index contributed by atoms with van der Waals surface area (Å²) in [6.45, 7) is 4.75. The van der Waals surface area contributed by atoms with Crippen LogP contribution in [0.5, 0.6) is 5.75 Å². The van der Waals surface area contributed by atoms with Crippen molar-refractivity contribution >= 4 is 62.3 Å². The molecule has 0 saturated heterocycles. The van der Waals surface area contributed by atoms with Crippen LogP contribution in [0, 0.1) is 0 Å². The molecule has 2 amide bonds. The van der Waals surface area contributed by atoms with Crippen LogP contribution < -0.4 is 14.4 Å². The number of halogens is 3. The summed E-state index contributed by atoms with van der Waals surface area (Å²) in [5.74, 6) is -0.792. The van der Waals surface area contributed by atoms with E-state index in [1.54, 1.807) is 49.4 Å². The van der Waals surface area contributed by atoms with E-state index in [4.69, 9.17) is 39.5 Å². The average molecular weight is 641 g/mol. The highest BCUT2D eigenvalue weighted by Gasteiger charge is 2.35. The molecule has 3 aromatic carbocycles. The van der Waals surface area contributed by atoms with Crippen molar-refractivity contribution in [2.24, 2.45) is 0 Å². The third-order valence-electron chi connectivity index (χ3n) is 6.17. The molecule has 0 spiro atoms. The number of methoxy groups -OCH3 is 1. The van der Waals surface area contributed by atoms with E-state index in [0.29, 0.717) is 10.6 Å². The number of benzene rings is 3. The molecule has 3 rings (SSSR count). The Morgan fingerprint density at radius 2 is 1.63 bits per heavy atom. The molecule has 0 unspecified atom stereocenters. The molecule has 0 saturated carbocycles. The van der Waals surface area contributed by atoms with Crippen LogP contribution >= 0.6 is 34.8 Å². The van der Waals surface area contributed by atoms with Crippen molar-refractivity contribution < 1.29 is 22.7 Å². The number of amides is 2. The van der Waals surface area contributed by atoms with Gasteiger partial charge in [-0.2, -0.15) is 0 Å². The fraction of sp³-hybridized carbons (Fsp3) is 0.310. The third-order valence-corrected chi connectivity index (χ3v) is 8.92. The Morgan fingerprint density at radius 1 is 0.951 bits per heavy atom. The zero-order valence-corrected chi connectivity index (χ0v) is 26.2. The Balaban J connectivity index is 2.13. The first-order chi connectivity index (χ1) is 19.4. The van der Waals surface area contributed by atoms with Gasteiger partial charge in [-0.15, -0.1) is 0 Å². The number of hydrogen-bond donors (Lipinski definition) is 1. The Bertz CT molecular complexity index is 1490. The van der Waals surface area contributed by atoms with E-state index in [1.165, 1.54) is 36.3 Å². The first-order valence-corrected chi connectivity index (χ1v) is 15.4. The predicted octanol–water partition coefficient (Wildman–Crippen LogP) is 6.18. The van der Waals surface area contributed by atoms with E-state index >= 15 is 0 Å². The molecule has 0 heterocycles. The molecule has 220 valence electrons. The van der Waals surface area contributed by atoms with Crippen molar-refractivity contribution in [2.75, 3.05) is 18.0 Å². The van der Waals surface area contributed by atoms with Crippen molar-refractivity contribution in [3.63, 3.8) is 0 Å². The fourth-order valence-electron chi connectivity index (χ4n) is 4.23. The maximum absolute atomic E-state index is 14.1. The van der Waals surface area contributed by atoms with Gasteiger partial charge in [0.05, 0.1) is 27.7 Å². The molecule has 0 aliphatic heterocycles. The van der Waals surface area contributed by atoms with Gasteiger partial charge in [-0.3, -0.25) is 13.9 Å². The Hall–Kier alpha value is -2.98. The summed E-state index contributed by atoms with van der Waals surface area (Å²) in [5, 5.41) is 3.72. The minimum atomic E-state index is -4.28. The largest absolute Gasteiger partial charge is 0.495 e. The van der Waals surface area contributed by atoms with Crippen molar-refractivity contribution in [1.82, 2.24) is 10.2 Å². The summed E-state index contributed by atoms with van der Waals surface area (Å²) in [4.78, 5) is 28.7. The van der Waals surface area contributed by atoms with E-state index in [0.717, 1.165) is 4.31 Å². The van der Waals surface area contributed by atoms with E-state index in [1.807, 2.05) is 13.8 Å². The maximum atomic E-state index is 14.1. The molecule has 0 fully saturated rings. The van der Waals surface area contributed by atoms with Crippen LogP contribution in [0.2, 0.25) is 15.1 Å². The van der Waals surface area contributed by atoms with Gasteiger partial charge in [-0.05, 0) is 68.3 Å². The lowest BCUT2D eigenvalue weighted by Gasteiger charge is -2.34. The van der Waals surface area contributed by atoms with Gasteiger partial charge in [0.25, 0.3) is 10.0 Å². The van der Waals surface area contributed by atoms with Crippen LogP contribution in [-0.2, 0) is 26.2 Å². The number of nitrogens with one attached hydrogen (secondary N) is 1. The van der Waals surface area contributed by atoms with Crippen molar-refractivity contribution in [3.8, 4) is 5.75 Å². The molecule has 3 aromatic rings. The lowest BCUT2D eigenvalue weighted by molar-refractivity contribution is -0.140. The van der Waals surface area contributed by atoms with Crippen LogP contribution in [0.1, 0.15) is 32.8 Å². The highest BCUT2D eigenvalue weighted by atomic mass is 35.5. The number of carbonyl (C=O) groups excluding carboxylic acids is 2. The average Bonchev–Trinajstić information content (AvgIpc) is 2.93. The Labute approximate surface area is 256 Å². The zero-order chi connectivity index (χ0) is 30.3. The number of ether oxygens (including phenoxy) is 1. The SMILES string of the molecule is CC[C@H](C(=O)NC(C)C)N(Cc1ccc(Cl)c(Cl)c1)C(=O)CN(c1cc(Cl)ccc1OC)S(=O)(=O)c1ccccc1. The third kappa shape index (κ3) is 8.07. The molecule has 0 aromatic heterocycles. The number of hydrogen-bond acceptors (Lipinski definition) is 5. The molecule has 0 bridgehead atoms. The fourth-order valence-corrected chi connectivity index (χ4v) is 6.15. The van der Waals surface area contributed by atoms with Crippen LogP contribution in [0.25, 0.3) is 0 Å². The monoisotopic (exact) mass is 639 g/mol. The van der Waals surface area contributed by atoms with Crippen LogP contribution in [0.15, 0.2) is 71.6 Å². The number of rotatable bonds is 12. The lowest BCUT2D eigenvalue weighted by atomic mass is 10.1. The number of sulfonamides is 1. The second-order valence-electron chi connectivity index (χ2n) is 9.50. The molecule has 0 aliphatic carbocycles. The summed E-state index contributed by atoms with van der Waals surface area (Å²) in [6, 6.07) is 16.0. The number of nitrogens with zero attached hydrogens (tertiary/aromatic N) is 2. The molecule has 0 radical (unpaired) electrons. The first kappa shape index (κ1) is 32.5. The minimum absolute atomic E-state index is 0.0222. The van der Waals surface area contributed by atoms with Crippen molar-refractivity contribution in [2.45, 2.75) is 50.7 Å². The van der Waals surface area contributed by atoms with E-state index in [9.17, 15) is 18.0 Å². The molecule has 12 heteroatoms. The highest BCUT2D eigenvalue weighted by Crippen LogP contribution is 2.35. The summed E-state index contributed by atoms with van der Waals surface area (Å²) in [7, 11) is -2.89. The number of carbonyl (C=O) groups is 2. The highest BCUT2D eigenvalue weighted by molar-refractivity contribution is 7.92. The molecule has 0 aliphatic rings. The molecular weight excluding hydrogens is 609 g/mol. The lowest BCUT2D eigenvalue weighted by Crippen LogP contribution is -2.53. The predicted molar refractivity (Wildman–Crippen MR) is 163 cm³/mol. The zero-order valence-electron chi connectivity index (χ0n) is 23.1. The van der Waals surface area contributed by atoms with E-state index < -0.39 is 28.5 Å². The second-order valence-corrected chi connectivity index (χ2v) is 12.6. The summed E-state index contributed by atoms with van der Waals surface area (Å²) >= 11 is 18.6. The summed E-state index contributed by atoms with van der Waals surface area (Å²) in [5.41, 5.74) is 0.688. The van der Waals surface area contributed by atoms with Gasteiger partial charge in [0.15, 0.2) is 0 Å². The molecule has 1 N–H and O–H groups in total. The summed E-state index contributed by atoms with van der Waals surface area (Å²) in [6.07, 6.45) is 0.275. The quantitative estimate of drug-likeness (QED) is 0.255. The van der Waals surface area contributed by atoms with Crippen LogP contribution in [0.4, 0.5) is 5.69 Å². The van der Waals surface area contributed by atoms with Crippen LogP contribution in [0.3, 0.4) is 0 Å². The smallest absolute Gasteiger partial charge is 0.264 e. The molecular formula is C29H32Cl3N3O5S.